The van der Waals surface area contributed by atoms with Crippen LogP contribution in [0.15, 0.2) is 0 Å². The molecule has 0 aromatic heterocycles. The van der Waals surface area contributed by atoms with Crippen molar-refractivity contribution in [3.63, 3.8) is 0 Å². The summed E-state index contributed by atoms with van der Waals surface area (Å²) in [6, 6.07) is 0. The van der Waals surface area contributed by atoms with Crippen molar-refractivity contribution in [3.8, 4) is 0 Å². The van der Waals surface area contributed by atoms with Gasteiger partial charge in [-0.25, -0.2) is 0 Å². The normalized spacial score (nSPS) is 33.0. The van der Waals surface area contributed by atoms with E-state index in [1.54, 1.807) is 0 Å². The number of hydrogen-bond donors (Lipinski definition) is 2. The van der Waals surface area contributed by atoms with Crippen molar-refractivity contribution in [1.82, 2.24) is 0 Å². The van der Waals surface area contributed by atoms with Crippen molar-refractivity contribution in [2.45, 2.75) is 58.1 Å². The molecule has 2 heteroatoms. The lowest BCUT2D eigenvalue weighted by Crippen LogP contribution is -2.49. The van der Waals surface area contributed by atoms with Gasteiger partial charge in [-0.15, -0.1) is 0 Å². The van der Waals surface area contributed by atoms with E-state index in [0.717, 1.165) is 18.8 Å². The van der Waals surface area contributed by atoms with E-state index in [2.05, 4.69) is 6.92 Å². The zero-order valence-electron chi connectivity index (χ0n) is 9.09. The van der Waals surface area contributed by atoms with Crippen molar-refractivity contribution >= 4 is 0 Å². The first-order valence-corrected chi connectivity index (χ1v) is 5.38. The minimum absolute atomic E-state index is 0.333. The third-order valence-electron chi connectivity index (χ3n) is 3.27. The molecule has 0 aromatic rings. The van der Waals surface area contributed by atoms with Gasteiger partial charge in [0.05, 0.1) is 6.10 Å². The quantitative estimate of drug-likeness (QED) is 0.690. The first-order chi connectivity index (χ1) is 5.91. The molecule has 0 spiro atoms. The molecule has 0 amide bonds. The molecular formula is C11H23NO. The molecule has 1 aliphatic rings. The minimum atomic E-state index is -0.439. The summed E-state index contributed by atoms with van der Waals surface area (Å²) >= 11 is 0. The van der Waals surface area contributed by atoms with Crippen LogP contribution in [0.1, 0.15) is 46.5 Å². The molecule has 0 bridgehead atoms. The van der Waals surface area contributed by atoms with Crippen LogP contribution in [-0.2, 0) is 0 Å². The van der Waals surface area contributed by atoms with Crippen molar-refractivity contribution < 1.29 is 5.11 Å². The van der Waals surface area contributed by atoms with E-state index in [4.69, 9.17) is 5.73 Å². The predicted molar refractivity (Wildman–Crippen MR) is 55.4 cm³/mol. The van der Waals surface area contributed by atoms with Crippen LogP contribution in [0, 0.1) is 11.8 Å². The molecule has 13 heavy (non-hydrogen) atoms. The molecule has 1 saturated carbocycles. The fourth-order valence-corrected chi connectivity index (χ4v) is 2.21. The third-order valence-corrected chi connectivity index (χ3v) is 3.27. The van der Waals surface area contributed by atoms with Gasteiger partial charge in [-0.2, -0.15) is 0 Å². The predicted octanol–water partition coefficient (Wildman–Crippen LogP) is 1.91. The Bertz CT molecular complexity index is 154. The molecule has 0 radical (unpaired) electrons. The van der Waals surface area contributed by atoms with Gasteiger partial charge in [-0.05, 0) is 38.5 Å². The second-order valence-corrected chi connectivity index (χ2v) is 5.29. The summed E-state index contributed by atoms with van der Waals surface area (Å²) in [5.41, 5.74) is 5.46. The van der Waals surface area contributed by atoms with Crippen LogP contribution >= 0.6 is 0 Å². The highest BCUT2D eigenvalue weighted by Crippen LogP contribution is 2.32. The Kier molecular flexibility index (Phi) is 3.36. The second kappa shape index (κ2) is 3.97. The van der Waals surface area contributed by atoms with Crippen LogP contribution in [0.25, 0.3) is 0 Å². The minimum Gasteiger partial charge on any atom is -0.391 e. The first kappa shape index (κ1) is 11.0. The van der Waals surface area contributed by atoms with Gasteiger partial charge in [-0.3, -0.25) is 0 Å². The Hall–Kier alpha value is -0.0800. The Morgan fingerprint density at radius 1 is 1.23 bits per heavy atom. The van der Waals surface area contributed by atoms with Crippen molar-refractivity contribution in [1.29, 1.82) is 0 Å². The Labute approximate surface area is 81.5 Å². The third kappa shape index (κ3) is 2.96. The van der Waals surface area contributed by atoms with E-state index < -0.39 is 5.54 Å². The molecule has 0 saturated heterocycles. The van der Waals surface area contributed by atoms with Crippen LogP contribution in [0.3, 0.4) is 0 Å². The molecule has 1 unspecified atom stereocenters. The zero-order chi connectivity index (χ0) is 10.1. The lowest BCUT2D eigenvalue weighted by atomic mass is 9.75. The average Bonchev–Trinajstić information content (AvgIpc) is 2.03. The number of nitrogens with two attached hydrogens (primary N) is 1. The zero-order valence-corrected chi connectivity index (χ0v) is 9.09. The molecule has 1 fully saturated rings. The summed E-state index contributed by atoms with van der Waals surface area (Å²) in [6.45, 7) is 6.11. The molecule has 3 N–H and O–H groups in total. The van der Waals surface area contributed by atoms with Gasteiger partial charge in [0.2, 0.25) is 0 Å². The molecule has 1 aliphatic carbocycles. The Balaban J connectivity index is 2.45. The molecule has 0 aromatic carbocycles. The molecule has 78 valence electrons. The highest BCUT2D eigenvalue weighted by molar-refractivity contribution is 4.88. The lowest BCUT2D eigenvalue weighted by molar-refractivity contribution is 0.0249. The fraction of sp³-hybridized carbons (Fsp3) is 1.00. The number of aliphatic hydroxyl groups excluding tert-OH is 1. The maximum atomic E-state index is 9.97. The fourth-order valence-electron chi connectivity index (χ4n) is 2.21. The van der Waals surface area contributed by atoms with E-state index in [0.29, 0.717) is 5.92 Å². The molecule has 0 aliphatic heterocycles. The smallest absolute Gasteiger partial charge is 0.0742 e. The molecular weight excluding hydrogens is 162 g/mol. The first-order valence-electron chi connectivity index (χ1n) is 5.38. The second-order valence-electron chi connectivity index (χ2n) is 5.29. The Morgan fingerprint density at radius 3 is 2.08 bits per heavy atom. The van der Waals surface area contributed by atoms with Gasteiger partial charge in [0.15, 0.2) is 0 Å². The summed E-state index contributed by atoms with van der Waals surface area (Å²) < 4.78 is 0. The molecule has 1 atom stereocenters. The van der Waals surface area contributed by atoms with E-state index in [1.807, 2.05) is 13.8 Å². The summed E-state index contributed by atoms with van der Waals surface area (Å²) in [6.07, 6.45) is 4.45. The van der Waals surface area contributed by atoms with E-state index in [-0.39, 0.29) is 6.10 Å². The summed E-state index contributed by atoms with van der Waals surface area (Å²) in [5.74, 6) is 1.26. The number of rotatable bonds is 2. The van der Waals surface area contributed by atoms with Crippen LogP contribution in [0.5, 0.6) is 0 Å². The molecule has 1 rings (SSSR count). The van der Waals surface area contributed by atoms with Crippen LogP contribution in [0.2, 0.25) is 0 Å². The van der Waals surface area contributed by atoms with Gasteiger partial charge in [-0.1, -0.05) is 19.8 Å². The standard InChI is InChI=1S/C11H23NO/c1-8-4-6-9(7-5-8)10(13)11(2,3)12/h8-10,13H,4-7,12H2,1-3H3. The van der Waals surface area contributed by atoms with E-state index in [9.17, 15) is 5.11 Å². The van der Waals surface area contributed by atoms with Gasteiger partial charge in [0.1, 0.15) is 0 Å². The van der Waals surface area contributed by atoms with Gasteiger partial charge >= 0.3 is 0 Å². The van der Waals surface area contributed by atoms with Gasteiger partial charge in [0, 0.05) is 5.54 Å². The van der Waals surface area contributed by atoms with E-state index >= 15 is 0 Å². The molecule has 2 nitrogen and oxygen atoms in total. The van der Waals surface area contributed by atoms with Crippen LogP contribution < -0.4 is 5.73 Å². The summed E-state index contributed by atoms with van der Waals surface area (Å²) in [7, 11) is 0. The van der Waals surface area contributed by atoms with Crippen LogP contribution in [0.4, 0.5) is 0 Å². The maximum Gasteiger partial charge on any atom is 0.0742 e. The van der Waals surface area contributed by atoms with E-state index in [1.165, 1.54) is 12.8 Å². The van der Waals surface area contributed by atoms with Crippen molar-refractivity contribution in [2.75, 3.05) is 0 Å². The SMILES string of the molecule is CC1CCC(C(O)C(C)(C)N)CC1. The molecule has 0 heterocycles. The highest BCUT2D eigenvalue weighted by atomic mass is 16.3. The van der Waals surface area contributed by atoms with Gasteiger partial charge in [0.25, 0.3) is 0 Å². The van der Waals surface area contributed by atoms with Crippen molar-refractivity contribution in [3.05, 3.63) is 0 Å². The van der Waals surface area contributed by atoms with Crippen LogP contribution in [-0.4, -0.2) is 16.7 Å². The topological polar surface area (TPSA) is 46.2 Å². The lowest BCUT2D eigenvalue weighted by Gasteiger charge is -2.36. The summed E-state index contributed by atoms with van der Waals surface area (Å²) in [4.78, 5) is 0. The largest absolute Gasteiger partial charge is 0.391 e. The highest BCUT2D eigenvalue weighted by Gasteiger charge is 2.32. The summed E-state index contributed by atoms with van der Waals surface area (Å²) in [5, 5.41) is 9.97. The maximum absolute atomic E-state index is 9.97. The monoisotopic (exact) mass is 185 g/mol. The van der Waals surface area contributed by atoms with Gasteiger partial charge < -0.3 is 10.8 Å². The van der Waals surface area contributed by atoms with Crippen molar-refractivity contribution in [2.24, 2.45) is 17.6 Å². The average molecular weight is 185 g/mol. The number of aliphatic hydroxyl groups is 1. The Morgan fingerprint density at radius 2 is 1.69 bits per heavy atom. The number of hydrogen-bond acceptors (Lipinski definition) is 2.